The Bertz CT molecular complexity index is 2130. The summed E-state index contributed by atoms with van der Waals surface area (Å²) in [6.45, 7) is 4.86. The number of hydrogen-bond donors (Lipinski definition) is 3. The number of allylic oxidation sites excluding steroid dienone is 10. The Morgan fingerprint density at radius 1 is 0.280 bits per heavy atom. The molecule has 0 aromatic carbocycles. The van der Waals surface area contributed by atoms with E-state index in [1.54, 1.807) is 0 Å². The van der Waals surface area contributed by atoms with Gasteiger partial charge in [-0.1, -0.05) is 275 Å². The molecule has 0 aliphatic rings. The van der Waals surface area contributed by atoms with Gasteiger partial charge in [0.1, 0.15) is 19.3 Å². The second-order valence-electron chi connectivity index (χ2n) is 27.3. The molecule has 0 aromatic rings. The molecule has 0 aliphatic carbocycles. The highest BCUT2D eigenvalue weighted by Crippen LogP contribution is 2.45. The highest BCUT2D eigenvalue weighted by molar-refractivity contribution is 7.47. The second-order valence-corrected chi connectivity index (χ2v) is 30.3. The summed E-state index contributed by atoms with van der Waals surface area (Å²) in [7, 11) is -9.95. The van der Waals surface area contributed by atoms with E-state index in [2.05, 4.69) is 88.5 Å². The molecule has 0 fully saturated rings. The molecule has 3 N–H and O–H groups in total. The SMILES string of the molecule is CCCCC/C=C\C/C=C\CCCCCCCC(=O)O[C@H](COC(=O)CCCCCCC/C=C\CCCCCCCC)COP(=O)(O)OC[C@@H](O)COP(=O)(O)OC[C@@H](COC(=O)CCCCCCC/C=C\CCCCCCCC)OC(=O)CCCCCCCCC/C=C\CCCCCC. The zero-order valence-electron chi connectivity index (χ0n) is 63.9. The van der Waals surface area contributed by atoms with Crippen molar-refractivity contribution in [2.24, 2.45) is 0 Å². The molecule has 0 heterocycles. The van der Waals surface area contributed by atoms with Gasteiger partial charge < -0.3 is 33.8 Å². The predicted molar refractivity (Wildman–Crippen MR) is 409 cm³/mol. The molecular formula is C81H148O17P2. The van der Waals surface area contributed by atoms with Crippen LogP contribution < -0.4 is 0 Å². The van der Waals surface area contributed by atoms with E-state index in [1.165, 1.54) is 122 Å². The van der Waals surface area contributed by atoms with Crippen LogP contribution in [0.5, 0.6) is 0 Å². The van der Waals surface area contributed by atoms with Crippen LogP contribution >= 0.6 is 15.6 Å². The zero-order valence-corrected chi connectivity index (χ0v) is 65.7. The molecule has 0 spiro atoms. The summed E-state index contributed by atoms with van der Waals surface area (Å²) in [4.78, 5) is 73.0. The van der Waals surface area contributed by atoms with E-state index in [9.17, 15) is 43.2 Å². The van der Waals surface area contributed by atoms with Gasteiger partial charge in [-0.2, -0.15) is 0 Å². The minimum absolute atomic E-state index is 0.0810. The van der Waals surface area contributed by atoms with Crippen molar-refractivity contribution >= 4 is 39.5 Å². The number of aliphatic hydroxyl groups is 1. The lowest BCUT2D eigenvalue weighted by molar-refractivity contribution is -0.161. The molecule has 0 saturated heterocycles. The summed E-state index contributed by atoms with van der Waals surface area (Å²) in [5.74, 6) is -2.18. The fourth-order valence-corrected chi connectivity index (χ4v) is 12.8. The maximum absolute atomic E-state index is 13.1. The largest absolute Gasteiger partial charge is 0.472 e. The van der Waals surface area contributed by atoms with E-state index in [4.69, 9.17) is 37.0 Å². The Morgan fingerprint density at radius 2 is 0.490 bits per heavy atom. The molecule has 0 radical (unpaired) electrons. The van der Waals surface area contributed by atoms with Gasteiger partial charge in [0.2, 0.25) is 0 Å². The highest BCUT2D eigenvalue weighted by Gasteiger charge is 2.30. The van der Waals surface area contributed by atoms with Gasteiger partial charge in [0.05, 0.1) is 26.4 Å². The number of phosphoric acid groups is 2. The molecule has 0 amide bonds. The molecule has 0 aromatic heterocycles. The molecule has 2 unspecified atom stereocenters. The second kappa shape index (κ2) is 74.0. The van der Waals surface area contributed by atoms with Crippen molar-refractivity contribution in [2.45, 2.75) is 393 Å². The van der Waals surface area contributed by atoms with Crippen LogP contribution in [0.25, 0.3) is 0 Å². The molecule has 0 rings (SSSR count). The summed E-state index contributed by atoms with van der Waals surface area (Å²) in [6.07, 6.45) is 73.3. The fraction of sp³-hybridized carbons (Fsp3) is 0.827. The lowest BCUT2D eigenvalue weighted by Crippen LogP contribution is -2.30. The Balaban J connectivity index is 5.35. The molecule has 0 saturated carbocycles. The number of ether oxygens (including phenoxy) is 4. The van der Waals surface area contributed by atoms with Crippen molar-refractivity contribution in [1.29, 1.82) is 0 Å². The minimum Gasteiger partial charge on any atom is -0.462 e. The average molecular weight is 1460 g/mol. The van der Waals surface area contributed by atoms with Crippen molar-refractivity contribution in [1.82, 2.24) is 0 Å². The number of rotatable bonds is 77. The number of esters is 4. The molecule has 584 valence electrons. The topological polar surface area (TPSA) is 237 Å². The van der Waals surface area contributed by atoms with Gasteiger partial charge in [0.25, 0.3) is 0 Å². The summed E-state index contributed by atoms with van der Waals surface area (Å²) >= 11 is 0. The number of carbonyl (C=O) groups is 4. The van der Waals surface area contributed by atoms with E-state index in [-0.39, 0.29) is 25.7 Å². The van der Waals surface area contributed by atoms with Crippen LogP contribution in [0.2, 0.25) is 0 Å². The lowest BCUT2D eigenvalue weighted by atomic mass is 10.1. The first-order valence-electron chi connectivity index (χ1n) is 40.5. The maximum Gasteiger partial charge on any atom is 0.472 e. The molecule has 17 nitrogen and oxygen atoms in total. The van der Waals surface area contributed by atoms with E-state index in [0.29, 0.717) is 25.7 Å². The first kappa shape index (κ1) is 96.8. The zero-order chi connectivity index (χ0) is 73.2. The van der Waals surface area contributed by atoms with Crippen LogP contribution in [0.4, 0.5) is 0 Å². The first-order valence-corrected chi connectivity index (χ1v) is 43.5. The predicted octanol–water partition coefficient (Wildman–Crippen LogP) is 23.5. The van der Waals surface area contributed by atoms with Crippen LogP contribution in [0.3, 0.4) is 0 Å². The van der Waals surface area contributed by atoms with Gasteiger partial charge in [-0.25, -0.2) is 9.13 Å². The van der Waals surface area contributed by atoms with Crippen molar-refractivity contribution in [3.63, 3.8) is 0 Å². The normalized spacial score (nSPS) is 14.2. The van der Waals surface area contributed by atoms with Crippen molar-refractivity contribution in [3.8, 4) is 0 Å². The summed E-state index contributed by atoms with van der Waals surface area (Å²) in [5.41, 5.74) is 0. The van der Waals surface area contributed by atoms with Crippen LogP contribution in [0, 0.1) is 0 Å². The van der Waals surface area contributed by atoms with Gasteiger partial charge in [-0.15, -0.1) is 0 Å². The lowest BCUT2D eigenvalue weighted by Gasteiger charge is -2.21. The van der Waals surface area contributed by atoms with E-state index in [1.807, 2.05) is 0 Å². The van der Waals surface area contributed by atoms with Gasteiger partial charge >= 0.3 is 39.5 Å². The summed E-state index contributed by atoms with van der Waals surface area (Å²) in [5, 5.41) is 10.6. The Kier molecular flexibility index (Phi) is 71.6. The Labute approximate surface area is 610 Å². The Hall–Kier alpha value is -3.24. The number of hydrogen-bond acceptors (Lipinski definition) is 15. The van der Waals surface area contributed by atoms with E-state index >= 15 is 0 Å². The highest BCUT2D eigenvalue weighted by atomic mass is 31.2. The van der Waals surface area contributed by atoms with Crippen LogP contribution in [0.1, 0.15) is 374 Å². The summed E-state index contributed by atoms with van der Waals surface area (Å²) < 4.78 is 68.6. The van der Waals surface area contributed by atoms with Crippen molar-refractivity contribution in [2.75, 3.05) is 39.6 Å². The van der Waals surface area contributed by atoms with E-state index in [0.717, 1.165) is 173 Å². The monoisotopic (exact) mass is 1460 g/mol. The van der Waals surface area contributed by atoms with Gasteiger partial charge in [0.15, 0.2) is 12.2 Å². The molecule has 100 heavy (non-hydrogen) atoms. The van der Waals surface area contributed by atoms with Crippen molar-refractivity contribution in [3.05, 3.63) is 60.8 Å². The maximum atomic E-state index is 13.1. The smallest absolute Gasteiger partial charge is 0.462 e. The standard InChI is InChI=1S/C81H148O17P2/c1-5-9-13-17-21-25-29-33-37-41-45-49-53-57-61-65-78(83)91-71-76(97-80(85)67-63-59-55-51-47-43-39-35-31-27-23-19-15-11-7-3)73-95-99(87,88)93-69-75(82)70-94-100(89,90)96-74-77(98-81(86)68-64-60-56-52-48-44-40-36-32-28-24-20-16-12-8-4)72-92-79(84)66-62-58-54-50-46-42-38-34-30-26-22-18-14-10-6-2/h23,27-28,32-35,37-39,75-77,82H,5-22,24-26,29-31,36,40-74H2,1-4H3,(H,87,88)(H,89,90)/b27-23-,32-28-,37-33-,38-34-,39-35-/t75-,76-,77-/m1/s1. The number of unbranched alkanes of at least 4 members (excludes halogenated alkanes) is 41. The first-order chi connectivity index (χ1) is 48.7. The van der Waals surface area contributed by atoms with Crippen molar-refractivity contribution < 1.29 is 80.2 Å². The molecule has 0 aliphatic heterocycles. The summed E-state index contributed by atoms with van der Waals surface area (Å²) in [6, 6.07) is 0. The molecule has 0 bridgehead atoms. The van der Waals surface area contributed by atoms with E-state index < -0.39 is 97.5 Å². The van der Waals surface area contributed by atoms with Gasteiger partial charge in [-0.3, -0.25) is 37.3 Å². The minimum atomic E-state index is -4.98. The molecule has 19 heteroatoms. The van der Waals surface area contributed by atoms with Crippen LogP contribution in [-0.4, -0.2) is 96.7 Å². The fourth-order valence-electron chi connectivity index (χ4n) is 11.2. The molecular weight excluding hydrogens is 1310 g/mol. The van der Waals surface area contributed by atoms with Gasteiger partial charge in [0, 0.05) is 25.7 Å². The number of aliphatic hydroxyl groups excluding tert-OH is 1. The average Bonchev–Trinajstić information content (AvgIpc) is 1.25. The third kappa shape index (κ3) is 73.1. The number of phosphoric ester groups is 2. The Morgan fingerprint density at radius 3 is 0.780 bits per heavy atom. The quantitative estimate of drug-likeness (QED) is 0.0169. The van der Waals surface area contributed by atoms with Crippen LogP contribution in [-0.2, 0) is 65.4 Å². The molecule has 5 atom stereocenters. The van der Waals surface area contributed by atoms with Gasteiger partial charge in [-0.05, 0) is 135 Å². The third-order valence-corrected chi connectivity index (χ3v) is 19.3. The van der Waals surface area contributed by atoms with Crippen LogP contribution in [0.15, 0.2) is 60.8 Å². The number of carbonyl (C=O) groups excluding carboxylic acids is 4. The third-order valence-electron chi connectivity index (χ3n) is 17.4.